The molecule has 0 radical (unpaired) electrons. The van der Waals surface area contributed by atoms with Gasteiger partial charge in [0.15, 0.2) is 16.8 Å². The van der Waals surface area contributed by atoms with Crippen molar-refractivity contribution >= 4 is 40.0 Å². The summed E-state index contributed by atoms with van der Waals surface area (Å²) in [5.74, 6) is 6.53. The second-order valence-electron chi connectivity index (χ2n) is 8.09. The fraction of sp³-hybridized carbons (Fsp3) is 0.429. The van der Waals surface area contributed by atoms with E-state index in [9.17, 15) is 9.59 Å². The third kappa shape index (κ3) is 3.69. The molecule has 1 unspecified atom stereocenters. The molecule has 1 saturated heterocycles. The van der Waals surface area contributed by atoms with Gasteiger partial charge in [0.1, 0.15) is 5.52 Å². The first kappa shape index (κ1) is 21.3. The van der Waals surface area contributed by atoms with Crippen LogP contribution in [-0.2, 0) is 20.1 Å². The minimum atomic E-state index is -0.459. The van der Waals surface area contributed by atoms with Crippen molar-refractivity contribution in [1.29, 1.82) is 0 Å². The molecule has 5 rings (SSSR count). The fourth-order valence-electron chi connectivity index (χ4n) is 4.21. The number of pyridine rings is 1. The summed E-state index contributed by atoms with van der Waals surface area (Å²) < 4.78 is 12.7. The molecule has 4 aromatic rings. The van der Waals surface area contributed by atoms with Crippen LogP contribution in [0.1, 0.15) is 25.5 Å². The topological polar surface area (TPSA) is 130 Å². The van der Waals surface area contributed by atoms with Crippen molar-refractivity contribution in [2.24, 2.45) is 12.8 Å². The average Bonchev–Trinajstić information content (AvgIpc) is 3.43. The second kappa shape index (κ2) is 8.42. The molecule has 0 aromatic carbocycles. The number of imidazole rings is 1. The summed E-state index contributed by atoms with van der Waals surface area (Å²) in [6.07, 6.45) is 1.88. The van der Waals surface area contributed by atoms with E-state index in [0.717, 1.165) is 31.1 Å². The van der Waals surface area contributed by atoms with E-state index < -0.39 is 11.2 Å². The summed E-state index contributed by atoms with van der Waals surface area (Å²) in [4.78, 5) is 38.0. The number of piperidine rings is 1. The number of anilines is 1. The molecule has 4 aromatic heterocycles. The predicted octanol–water partition coefficient (Wildman–Crippen LogP) is 0.296. The number of hydrogen-bond acceptors (Lipinski definition) is 9. The first-order valence-electron chi connectivity index (χ1n) is 10.7. The smallest absolute Gasteiger partial charge is 0.332 e. The van der Waals surface area contributed by atoms with E-state index in [0.29, 0.717) is 40.5 Å². The van der Waals surface area contributed by atoms with Crippen LogP contribution in [0.4, 0.5) is 5.95 Å². The Morgan fingerprint density at radius 2 is 2.06 bits per heavy atom. The maximum Gasteiger partial charge on any atom is 0.332 e. The van der Waals surface area contributed by atoms with E-state index in [4.69, 9.17) is 10.7 Å². The number of fused-ring (bicyclic) bond motifs is 2. The summed E-state index contributed by atoms with van der Waals surface area (Å²) in [6, 6.07) is 3.57. The highest BCUT2D eigenvalue weighted by molar-refractivity contribution is 7.00. The molecule has 1 fully saturated rings. The van der Waals surface area contributed by atoms with Crippen molar-refractivity contribution in [1.82, 2.24) is 32.4 Å². The monoisotopic (exact) mass is 465 g/mol. The number of aromatic nitrogens is 7. The molecule has 170 valence electrons. The first-order chi connectivity index (χ1) is 16.0. The zero-order valence-corrected chi connectivity index (χ0v) is 19.2. The third-order valence-electron chi connectivity index (χ3n) is 5.87. The first-order valence-corrected chi connectivity index (χ1v) is 11.4. The van der Waals surface area contributed by atoms with Crippen molar-refractivity contribution in [2.75, 3.05) is 18.0 Å². The van der Waals surface area contributed by atoms with E-state index in [1.54, 1.807) is 30.7 Å². The van der Waals surface area contributed by atoms with Crippen LogP contribution in [0.25, 0.3) is 22.3 Å². The lowest BCUT2D eigenvalue weighted by Crippen LogP contribution is -2.44. The largest absolute Gasteiger partial charge is 0.341 e. The van der Waals surface area contributed by atoms with Crippen LogP contribution < -0.4 is 21.9 Å². The molecule has 1 aliphatic rings. The maximum atomic E-state index is 13.6. The Hall–Kier alpha value is -3.56. The third-order valence-corrected chi connectivity index (χ3v) is 6.40. The molecular weight excluding hydrogens is 442 g/mol. The van der Waals surface area contributed by atoms with Crippen LogP contribution in [0.15, 0.2) is 21.7 Å². The Morgan fingerprint density at radius 3 is 2.85 bits per heavy atom. The van der Waals surface area contributed by atoms with Gasteiger partial charge >= 0.3 is 5.69 Å². The van der Waals surface area contributed by atoms with Gasteiger partial charge in [-0.25, -0.2) is 9.78 Å². The lowest BCUT2D eigenvalue weighted by molar-refractivity contribution is 0.496. The van der Waals surface area contributed by atoms with Gasteiger partial charge in [0, 0.05) is 26.2 Å². The quantitative estimate of drug-likeness (QED) is 0.426. The Bertz CT molecular complexity index is 1530. The maximum absolute atomic E-state index is 13.6. The van der Waals surface area contributed by atoms with Crippen LogP contribution in [0.2, 0.25) is 0 Å². The van der Waals surface area contributed by atoms with Crippen LogP contribution >= 0.6 is 11.7 Å². The summed E-state index contributed by atoms with van der Waals surface area (Å²) >= 11 is 1.07. The number of nitrogens with zero attached hydrogens (tertiary/aromatic N) is 8. The molecule has 1 atom stereocenters. The highest BCUT2D eigenvalue weighted by Gasteiger charge is 2.26. The van der Waals surface area contributed by atoms with Crippen molar-refractivity contribution < 1.29 is 0 Å². The van der Waals surface area contributed by atoms with Gasteiger partial charge < -0.3 is 10.6 Å². The van der Waals surface area contributed by atoms with Gasteiger partial charge in [0.25, 0.3) is 5.56 Å². The van der Waals surface area contributed by atoms with E-state index >= 15 is 0 Å². The molecule has 0 amide bonds. The molecular formula is C21H23N9O2S. The van der Waals surface area contributed by atoms with Gasteiger partial charge in [-0.15, -0.1) is 5.92 Å². The summed E-state index contributed by atoms with van der Waals surface area (Å²) in [5, 5.41) is 0. The average molecular weight is 466 g/mol. The van der Waals surface area contributed by atoms with Crippen LogP contribution in [0, 0.1) is 11.8 Å². The van der Waals surface area contributed by atoms with Gasteiger partial charge in [0.05, 0.1) is 30.5 Å². The molecule has 1 aliphatic heterocycles. The van der Waals surface area contributed by atoms with Crippen LogP contribution in [-0.4, -0.2) is 51.5 Å². The number of rotatable bonds is 4. The van der Waals surface area contributed by atoms with E-state index in [2.05, 4.69) is 30.5 Å². The van der Waals surface area contributed by atoms with Crippen molar-refractivity contribution in [2.45, 2.75) is 38.9 Å². The highest BCUT2D eigenvalue weighted by atomic mass is 32.1. The fourth-order valence-corrected chi connectivity index (χ4v) is 4.70. The molecule has 11 nitrogen and oxygen atoms in total. The summed E-state index contributed by atoms with van der Waals surface area (Å²) in [5.41, 5.74) is 7.70. The van der Waals surface area contributed by atoms with E-state index in [-0.39, 0.29) is 19.1 Å². The molecule has 0 bridgehead atoms. The second-order valence-corrected chi connectivity index (χ2v) is 8.62. The van der Waals surface area contributed by atoms with Crippen LogP contribution in [0.5, 0.6) is 0 Å². The van der Waals surface area contributed by atoms with Crippen molar-refractivity contribution in [3.63, 3.8) is 0 Å². The van der Waals surface area contributed by atoms with E-state index in [1.807, 2.05) is 0 Å². The minimum Gasteiger partial charge on any atom is -0.341 e. The molecule has 12 heteroatoms. The Kier molecular flexibility index (Phi) is 5.43. The van der Waals surface area contributed by atoms with Gasteiger partial charge in [0.2, 0.25) is 5.95 Å². The molecule has 2 N–H and O–H groups in total. The van der Waals surface area contributed by atoms with Gasteiger partial charge in [-0.3, -0.25) is 18.5 Å². The summed E-state index contributed by atoms with van der Waals surface area (Å²) in [6.45, 7) is 3.47. The standard InChI is InChI=1S/C21H23N9O2S/c1-3-4-10-29-16-18(24-20(29)28-9-5-6-13(22)11-28)27(2)21(32)30(19(16)31)12-14-7-8-15-17(23-14)26-33-25-15/h7-8,13H,5-6,9-12,22H2,1-2H3. The molecule has 33 heavy (non-hydrogen) atoms. The van der Waals surface area contributed by atoms with Crippen molar-refractivity contribution in [3.8, 4) is 11.8 Å². The van der Waals surface area contributed by atoms with Gasteiger partial charge in [-0.05, 0) is 31.9 Å². The van der Waals surface area contributed by atoms with E-state index in [1.165, 1.54) is 9.13 Å². The zero-order valence-electron chi connectivity index (χ0n) is 18.4. The SMILES string of the molecule is CC#CCn1c(N2CCCC(N)C2)nc2c1c(=O)n(Cc1ccc3nsnc3n1)c(=O)n2C. The minimum absolute atomic E-state index is 0.0173. The zero-order chi connectivity index (χ0) is 23.1. The Morgan fingerprint density at radius 1 is 1.21 bits per heavy atom. The number of aryl methyl sites for hydroxylation is 1. The van der Waals surface area contributed by atoms with Crippen LogP contribution in [0.3, 0.4) is 0 Å². The van der Waals surface area contributed by atoms with Gasteiger partial charge in [-0.2, -0.15) is 13.7 Å². The molecule has 5 heterocycles. The lowest BCUT2D eigenvalue weighted by Gasteiger charge is -2.31. The molecule has 0 saturated carbocycles. The Balaban J connectivity index is 1.68. The number of nitrogens with two attached hydrogens (primary N) is 1. The molecule has 0 spiro atoms. The summed E-state index contributed by atoms with van der Waals surface area (Å²) in [7, 11) is 1.62. The normalized spacial score (nSPS) is 16.3. The lowest BCUT2D eigenvalue weighted by atomic mass is 10.1. The van der Waals surface area contributed by atoms with Crippen molar-refractivity contribution in [3.05, 3.63) is 38.7 Å². The molecule has 0 aliphatic carbocycles. The highest BCUT2D eigenvalue weighted by Crippen LogP contribution is 2.23. The number of hydrogen-bond donors (Lipinski definition) is 1. The Labute approximate surface area is 192 Å². The van der Waals surface area contributed by atoms with Gasteiger partial charge in [-0.1, -0.05) is 5.92 Å². The predicted molar refractivity (Wildman–Crippen MR) is 126 cm³/mol.